The molecule has 1 atom stereocenters. The highest BCUT2D eigenvalue weighted by Gasteiger charge is 2.25. The number of carbonyl (C=O) groups excluding carboxylic acids is 1. The number of nitrogens with one attached hydrogen (secondary N) is 2. The van der Waals surface area contributed by atoms with Gasteiger partial charge in [-0.15, -0.1) is 23.1 Å². The number of carboxylic acid groups (broad SMARTS) is 1. The number of carbonyl (C=O) groups is 2. The first-order valence-electron chi connectivity index (χ1n) is 13.5. The molecule has 4 rings (SSSR count). The number of benzene rings is 2. The van der Waals surface area contributed by atoms with E-state index in [1.807, 2.05) is 37.4 Å². The standard InChI is InChI=1S/C29H32N4O8S3/c1-4-13-30-23(17-34)41-20-11-9-18(10-12-20)26-21(14-31-44(3,39)40)25-27(37)32(16-24(35)36)29(38)33(28(25)43-26)15-19-7-5-6-8-22(19)42-2/h5-12,17,23,30-31H,4,13-16H2,1-3H3,(H,35,36). The minimum Gasteiger partial charge on any atom is -0.480 e. The zero-order valence-corrected chi connectivity index (χ0v) is 26.7. The molecule has 44 heavy (non-hydrogen) atoms. The topological polar surface area (TPSA) is 166 Å². The van der Waals surface area contributed by atoms with Crippen LogP contribution in [0, 0.1) is 0 Å². The first-order valence-corrected chi connectivity index (χ1v) is 17.4. The van der Waals surface area contributed by atoms with E-state index in [1.54, 1.807) is 24.3 Å². The molecule has 0 saturated carbocycles. The van der Waals surface area contributed by atoms with Gasteiger partial charge in [-0.1, -0.05) is 25.1 Å². The van der Waals surface area contributed by atoms with Gasteiger partial charge in [0.05, 0.1) is 18.2 Å². The number of rotatable bonds is 15. The van der Waals surface area contributed by atoms with Crippen LogP contribution in [0.4, 0.5) is 0 Å². The molecule has 3 N–H and O–H groups in total. The molecule has 12 nitrogen and oxygen atoms in total. The summed E-state index contributed by atoms with van der Waals surface area (Å²) in [4.78, 5) is 52.2. The van der Waals surface area contributed by atoms with Gasteiger partial charge in [-0.2, -0.15) is 0 Å². The first kappa shape index (κ1) is 33.1. The number of ether oxygens (including phenoxy) is 1. The molecule has 0 fully saturated rings. The van der Waals surface area contributed by atoms with Crippen LogP contribution in [0.3, 0.4) is 0 Å². The minimum atomic E-state index is -3.70. The van der Waals surface area contributed by atoms with E-state index in [0.717, 1.165) is 34.5 Å². The maximum atomic E-state index is 13.7. The van der Waals surface area contributed by atoms with E-state index in [1.165, 1.54) is 16.3 Å². The highest BCUT2D eigenvalue weighted by atomic mass is 32.2. The maximum absolute atomic E-state index is 13.7. The second-order valence-electron chi connectivity index (χ2n) is 9.80. The number of hydrogen-bond donors (Lipinski definition) is 3. The SMILES string of the molecule is CCCNC(C=O)Oc1ccc(-c2sc3c(c2CNS(C)(=O)=O)c(=O)n(CC(=O)O)c(=O)n3Cc2ccccc2SC)cc1. The molecular formula is C29H32N4O8S3. The van der Waals surface area contributed by atoms with Crippen LogP contribution >= 0.6 is 23.1 Å². The van der Waals surface area contributed by atoms with E-state index in [0.29, 0.717) is 39.2 Å². The van der Waals surface area contributed by atoms with Crippen molar-refractivity contribution in [2.24, 2.45) is 0 Å². The second kappa shape index (κ2) is 14.3. The Morgan fingerprint density at radius 3 is 2.45 bits per heavy atom. The Morgan fingerprint density at radius 1 is 1.14 bits per heavy atom. The quantitative estimate of drug-likeness (QED) is 0.0981. The molecule has 2 heterocycles. The molecule has 234 valence electrons. The number of nitrogens with zero attached hydrogens (tertiary/aromatic N) is 2. The summed E-state index contributed by atoms with van der Waals surface area (Å²) in [5.41, 5.74) is 0.0682. The zero-order valence-electron chi connectivity index (χ0n) is 24.2. The molecule has 15 heteroatoms. The minimum absolute atomic E-state index is 0.0498. The Kier molecular flexibility index (Phi) is 10.8. The van der Waals surface area contributed by atoms with Crippen LogP contribution in [-0.4, -0.2) is 60.2 Å². The van der Waals surface area contributed by atoms with Crippen molar-refractivity contribution >= 4 is 55.6 Å². The van der Waals surface area contributed by atoms with Gasteiger partial charge in [0, 0.05) is 21.9 Å². The third-order valence-electron chi connectivity index (χ3n) is 6.58. The Labute approximate surface area is 261 Å². The van der Waals surface area contributed by atoms with Crippen LogP contribution in [-0.2, 0) is 39.2 Å². The fourth-order valence-corrected chi connectivity index (χ4v) is 6.90. The summed E-state index contributed by atoms with van der Waals surface area (Å²) in [6.45, 7) is 1.46. The van der Waals surface area contributed by atoms with Gasteiger partial charge in [0.2, 0.25) is 16.3 Å². The Morgan fingerprint density at radius 2 is 1.84 bits per heavy atom. The van der Waals surface area contributed by atoms with Crippen LogP contribution in [0.15, 0.2) is 63.0 Å². The number of thioether (sulfide) groups is 1. The number of aldehydes is 1. The molecule has 2 aromatic carbocycles. The Hall–Kier alpha value is -3.76. The molecule has 0 amide bonds. The number of hydrogen-bond acceptors (Lipinski definition) is 10. The Bertz CT molecular complexity index is 1900. The third kappa shape index (κ3) is 7.65. The molecule has 0 aliphatic rings. The van der Waals surface area contributed by atoms with E-state index >= 15 is 0 Å². The molecule has 0 saturated heterocycles. The number of aliphatic carboxylic acids is 1. The molecule has 0 aliphatic carbocycles. The number of aromatic nitrogens is 2. The molecule has 0 bridgehead atoms. The monoisotopic (exact) mass is 660 g/mol. The normalized spacial score (nSPS) is 12.3. The largest absolute Gasteiger partial charge is 0.480 e. The number of thiophene rings is 1. The average molecular weight is 661 g/mol. The van der Waals surface area contributed by atoms with Gasteiger partial charge < -0.3 is 9.84 Å². The summed E-state index contributed by atoms with van der Waals surface area (Å²) in [7, 11) is -3.70. The van der Waals surface area contributed by atoms with Gasteiger partial charge in [0.1, 0.15) is 17.1 Å². The summed E-state index contributed by atoms with van der Waals surface area (Å²) < 4.78 is 34.4. The average Bonchev–Trinajstić information content (AvgIpc) is 3.38. The lowest BCUT2D eigenvalue weighted by Gasteiger charge is -2.15. The van der Waals surface area contributed by atoms with Gasteiger partial charge in [-0.05, 0) is 60.7 Å². The summed E-state index contributed by atoms with van der Waals surface area (Å²) in [6.07, 6.45) is 3.50. The summed E-state index contributed by atoms with van der Waals surface area (Å²) in [6, 6.07) is 14.1. The van der Waals surface area contributed by atoms with Crippen LogP contribution in [0.2, 0.25) is 0 Å². The van der Waals surface area contributed by atoms with Gasteiger partial charge in [-0.25, -0.2) is 22.5 Å². The van der Waals surface area contributed by atoms with Gasteiger partial charge in [-0.3, -0.25) is 24.3 Å². The predicted molar refractivity (Wildman–Crippen MR) is 171 cm³/mol. The van der Waals surface area contributed by atoms with Crippen molar-refractivity contribution in [3.63, 3.8) is 0 Å². The maximum Gasteiger partial charge on any atom is 0.332 e. The molecule has 4 aromatic rings. The zero-order chi connectivity index (χ0) is 32.0. The third-order valence-corrected chi connectivity index (χ3v) is 9.39. The lowest BCUT2D eigenvalue weighted by atomic mass is 10.1. The predicted octanol–water partition coefficient (Wildman–Crippen LogP) is 2.70. The van der Waals surface area contributed by atoms with Crippen molar-refractivity contribution in [2.75, 3.05) is 19.1 Å². The van der Waals surface area contributed by atoms with E-state index < -0.39 is 40.0 Å². The molecule has 0 radical (unpaired) electrons. The van der Waals surface area contributed by atoms with Crippen LogP contribution in [0.25, 0.3) is 20.7 Å². The van der Waals surface area contributed by atoms with Gasteiger partial charge >= 0.3 is 11.7 Å². The van der Waals surface area contributed by atoms with Crippen molar-refractivity contribution in [2.45, 2.75) is 44.1 Å². The molecule has 1 unspecified atom stereocenters. The summed E-state index contributed by atoms with van der Waals surface area (Å²) >= 11 is 2.61. The van der Waals surface area contributed by atoms with Crippen molar-refractivity contribution in [1.82, 2.24) is 19.2 Å². The van der Waals surface area contributed by atoms with E-state index in [2.05, 4.69) is 10.0 Å². The van der Waals surface area contributed by atoms with Crippen molar-refractivity contribution < 1.29 is 27.9 Å². The second-order valence-corrected chi connectivity index (χ2v) is 13.5. The highest BCUT2D eigenvalue weighted by Crippen LogP contribution is 2.38. The number of carboxylic acids is 1. The molecular weight excluding hydrogens is 629 g/mol. The van der Waals surface area contributed by atoms with E-state index in [-0.39, 0.29) is 23.3 Å². The van der Waals surface area contributed by atoms with Crippen molar-refractivity contribution in [3.8, 4) is 16.2 Å². The molecule has 2 aromatic heterocycles. The summed E-state index contributed by atoms with van der Waals surface area (Å²) in [5, 5.41) is 12.5. The number of sulfonamides is 1. The number of fused-ring (bicyclic) bond motifs is 1. The van der Waals surface area contributed by atoms with Crippen LogP contribution < -0.4 is 26.0 Å². The first-order chi connectivity index (χ1) is 21.0. The smallest absolute Gasteiger partial charge is 0.332 e. The Balaban J connectivity index is 1.94. The molecule has 0 aliphatic heterocycles. The van der Waals surface area contributed by atoms with E-state index in [4.69, 9.17) is 4.74 Å². The van der Waals surface area contributed by atoms with Crippen LogP contribution in [0.1, 0.15) is 24.5 Å². The fourth-order valence-electron chi connectivity index (χ4n) is 4.58. The lowest BCUT2D eigenvalue weighted by molar-refractivity contribution is -0.137. The lowest BCUT2D eigenvalue weighted by Crippen LogP contribution is -2.41. The highest BCUT2D eigenvalue weighted by molar-refractivity contribution is 7.98. The molecule has 0 spiro atoms. The van der Waals surface area contributed by atoms with Gasteiger partial charge in [0.15, 0.2) is 6.29 Å². The van der Waals surface area contributed by atoms with Gasteiger partial charge in [0.25, 0.3) is 5.56 Å². The fraction of sp³-hybridized carbons (Fsp3) is 0.310. The van der Waals surface area contributed by atoms with Crippen molar-refractivity contribution in [1.29, 1.82) is 0 Å². The van der Waals surface area contributed by atoms with E-state index in [9.17, 15) is 32.7 Å². The summed E-state index contributed by atoms with van der Waals surface area (Å²) in [5.74, 6) is -0.968. The van der Waals surface area contributed by atoms with Crippen molar-refractivity contribution in [3.05, 3.63) is 80.5 Å². The van der Waals surface area contributed by atoms with Crippen LogP contribution in [0.5, 0.6) is 5.75 Å².